The van der Waals surface area contributed by atoms with Crippen LogP contribution in [0.1, 0.15) is 84.5 Å². The maximum atomic E-state index is 12.2. The maximum absolute atomic E-state index is 12.2. The molecule has 2 aromatic rings. The van der Waals surface area contributed by atoms with Crippen molar-refractivity contribution in [2.75, 3.05) is 33.9 Å². The van der Waals surface area contributed by atoms with Crippen LogP contribution >= 0.6 is 79.0 Å². The Morgan fingerprint density at radius 2 is 1.01 bits per heavy atom. The predicted octanol–water partition coefficient (Wildman–Crippen LogP) is 7.65. The van der Waals surface area contributed by atoms with Gasteiger partial charge in [-0.15, -0.1) is 24.0 Å². The number of halogens is 5. The van der Waals surface area contributed by atoms with Crippen molar-refractivity contribution in [1.82, 2.24) is 21.3 Å². The topological polar surface area (TPSA) is 360 Å². The molecule has 0 heterocycles. The van der Waals surface area contributed by atoms with Gasteiger partial charge in [-0.1, -0.05) is 42.8 Å². The van der Waals surface area contributed by atoms with Gasteiger partial charge < -0.3 is 72.2 Å². The molecule has 0 aliphatic rings. The minimum Gasteiger partial charge on any atom is -0.480 e. The van der Waals surface area contributed by atoms with Gasteiger partial charge >= 0.3 is 42.2 Å². The van der Waals surface area contributed by atoms with Gasteiger partial charge in [0.25, 0.3) is 5.91 Å². The van der Waals surface area contributed by atoms with Gasteiger partial charge in [0, 0.05) is 125 Å². The first-order chi connectivity index (χ1) is 32.8. The molecule has 0 aromatic heterocycles. The second-order valence-electron chi connectivity index (χ2n) is 18.3. The molecule has 0 aliphatic carbocycles. The summed E-state index contributed by atoms with van der Waals surface area (Å²) in [4.78, 5) is 93.0. The Labute approximate surface area is 558 Å². The van der Waals surface area contributed by atoms with Crippen molar-refractivity contribution in [3.8, 4) is 0 Å². The third-order valence-electron chi connectivity index (χ3n) is 7.07. The van der Waals surface area contributed by atoms with Crippen molar-refractivity contribution in [2.45, 2.75) is 117 Å². The number of carboxylic acid groups (broad SMARTS) is 2. The zero-order chi connectivity index (χ0) is 57.0. The van der Waals surface area contributed by atoms with Crippen LogP contribution in [0.4, 0.5) is 14.4 Å². The van der Waals surface area contributed by atoms with E-state index in [0.29, 0.717) is 24.6 Å². The van der Waals surface area contributed by atoms with Gasteiger partial charge in [-0.2, -0.15) is 4.79 Å². The number of methoxy groups -OCH3 is 2. The van der Waals surface area contributed by atoms with E-state index in [2.05, 4.69) is 87.0 Å². The smallest absolute Gasteiger partial charge is 0.408 e. The first-order valence-electron chi connectivity index (χ1n) is 21.1. The first-order valence-corrected chi connectivity index (χ1v) is 27.1. The molecule has 10 N–H and O–H groups in total. The Morgan fingerprint density at radius 3 is 1.29 bits per heavy atom. The summed E-state index contributed by atoms with van der Waals surface area (Å²) in [5.41, 5.74) is 17.0. The average Bonchev–Trinajstić information content (AvgIpc) is 3.23. The Morgan fingerprint density at radius 1 is 0.688 bits per heavy atom. The van der Waals surface area contributed by atoms with Crippen LogP contribution in [0.3, 0.4) is 0 Å². The van der Waals surface area contributed by atoms with Gasteiger partial charge in [-0.3, -0.25) is 4.79 Å². The number of nitrogens with zero attached hydrogens (tertiary/aromatic N) is 2. The number of alkyl carbamates (subject to hydrolysis) is 3. The van der Waals surface area contributed by atoms with Gasteiger partial charge in [0.1, 0.15) is 34.9 Å². The van der Waals surface area contributed by atoms with Crippen molar-refractivity contribution in [3.05, 3.63) is 72.0 Å². The Kier molecular flexibility index (Phi) is 54.7. The number of hydrogen-bond acceptors (Lipinski definition) is 15. The molecule has 4 amide bonds. The monoisotopic (exact) mass is 1860 g/mol. The van der Waals surface area contributed by atoms with E-state index >= 15 is 0 Å². The summed E-state index contributed by atoms with van der Waals surface area (Å²) >= 11 is 18.0. The number of nitrogens with one attached hydrogen (secondary N) is 4. The summed E-state index contributed by atoms with van der Waals surface area (Å²) < 4.78 is 25.3. The number of esters is 2. The molecule has 0 saturated heterocycles. The summed E-state index contributed by atoms with van der Waals surface area (Å²) in [5, 5.41) is 27.2. The molecule has 0 bridgehead atoms. The maximum Gasteiger partial charge on any atom is 0.408 e. The fourth-order valence-electron chi connectivity index (χ4n) is 4.00. The number of aliphatic carboxylic acids is 1. The largest absolute Gasteiger partial charge is 0.480 e. The molecule has 2 radical (unpaired) electrons. The van der Waals surface area contributed by atoms with Crippen molar-refractivity contribution < 1.29 is 168 Å². The molecule has 0 aliphatic heterocycles. The molecule has 23 nitrogen and oxygen atoms in total. The van der Waals surface area contributed by atoms with E-state index < -0.39 is 91.1 Å². The van der Waals surface area contributed by atoms with Crippen LogP contribution < -0.4 is 32.7 Å². The molecule has 436 valence electrons. The molecular weight excluding hydrogens is 1790 g/mol. The minimum absolute atomic E-state index is 0. The third-order valence-corrected chi connectivity index (χ3v) is 10.4. The number of nitrogens with two attached hydrogens (primary N) is 2. The molecule has 0 spiro atoms. The van der Waals surface area contributed by atoms with Crippen LogP contribution in [0.15, 0.2) is 45.3 Å². The van der Waals surface area contributed by atoms with Crippen molar-refractivity contribution >= 4 is 141 Å². The van der Waals surface area contributed by atoms with E-state index in [-0.39, 0.29) is 140 Å². The number of benzene rings is 2. The SMILES string of the molecule is CC(C)(C)OC(=O)NC(CN)C(=O)O.COC(=O)C(CN)NC(=O)OC(C)(C)C.COC(=O)C(CNC(=O)c1ccc(Br)c(Cl)c1)NC(=O)OC(C)(C)C.C[Si](C)(C)C=[N+]=[N-].I.O=C(O)c1ccc(Br)c(Cl)c1.[HH].[U].[V].[V].[W]. The average molecular weight is 1860 g/mol. The van der Waals surface area contributed by atoms with Crippen molar-refractivity contribution in [2.24, 2.45) is 11.5 Å². The van der Waals surface area contributed by atoms with Crippen molar-refractivity contribution in [1.29, 1.82) is 0 Å². The van der Waals surface area contributed by atoms with Crippen LogP contribution in [-0.4, -0.2) is 146 Å². The summed E-state index contributed by atoms with van der Waals surface area (Å²) in [6, 6.07) is 6.10. The Bertz CT molecular complexity index is 2220. The van der Waals surface area contributed by atoms with E-state index in [0.717, 1.165) is 0 Å². The first kappa shape index (κ1) is 91.8. The van der Waals surface area contributed by atoms with Crippen LogP contribution in [0.25, 0.3) is 5.53 Å². The van der Waals surface area contributed by atoms with E-state index in [1.165, 1.54) is 32.4 Å². The second kappa shape index (κ2) is 45.9. The molecule has 3 unspecified atom stereocenters. The summed E-state index contributed by atoms with van der Waals surface area (Å²) in [7, 11) is 1.21. The van der Waals surface area contributed by atoms with Crippen LogP contribution in [0.2, 0.25) is 29.7 Å². The van der Waals surface area contributed by atoms with E-state index in [9.17, 15) is 38.4 Å². The zero-order valence-corrected chi connectivity index (χ0v) is 62.8. The third kappa shape index (κ3) is 49.8. The van der Waals surface area contributed by atoms with Gasteiger partial charge in [-0.25, -0.2) is 33.6 Å². The molecule has 2 rings (SSSR count). The number of carbonyl (C=O) groups is 8. The summed E-state index contributed by atoms with van der Waals surface area (Å²) in [6.07, 6.45) is -2.26. The molecule has 0 saturated carbocycles. The van der Waals surface area contributed by atoms with E-state index in [1.54, 1.807) is 86.4 Å². The van der Waals surface area contributed by atoms with Gasteiger partial charge in [-0.05, 0) is 131 Å². The fourth-order valence-corrected chi connectivity index (χ4v) is 5.20. The van der Waals surface area contributed by atoms with Crippen LogP contribution in [0.5, 0.6) is 0 Å². The molecule has 33 heteroatoms. The molecular formula is C44H71Br2Cl2IN8O15SiUV2W. The predicted molar refractivity (Wildman–Crippen MR) is 297 cm³/mol. The number of amides is 4. The number of carboxylic acids is 2. The number of aromatic carboxylic acids is 1. The van der Waals surface area contributed by atoms with E-state index in [1.807, 2.05) is 0 Å². The number of ether oxygens (including phenoxy) is 5. The molecule has 3 atom stereocenters. The molecule has 0 fully saturated rings. The molecule has 77 heavy (non-hydrogen) atoms. The second-order valence-corrected chi connectivity index (χ2v) is 25.8. The Balaban J connectivity index is -0.000000113. The summed E-state index contributed by atoms with van der Waals surface area (Å²) in [6.45, 7) is 21.2. The van der Waals surface area contributed by atoms with Crippen molar-refractivity contribution in [3.63, 3.8) is 0 Å². The van der Waals surface area contributed by atoms with Gasteiger partial charge in [0.15, 0.2) is 8.07 Å². The quantitative estimate of drug-likeness (QED) is 0.0181. The fraction of sp³-hybridized carbons (Fsp3) is 0.523. The van der Waals surface area contributed by atoms with Crippen LogP contribution in [0, 0.1) is 31.1 Å². The zero-order valence-electron chi connectivity index (χ0n) is 44.9. The van der Waals surface area contributed by atoms with Gasteiger partial charge in [0.05, 0.1) is 29.8 Å². The van der Waals surface area contributed by atoms with Gasteiger partial charge in [0.2, 0.25) is 5.84 Å². The summed E-state index contributed by atoms with van der Waals surface area (Å²) in [5.74, 6) is -2.28. The number of rotatable bonds is 13. The minimum atomic E-state index is -1.20. The number of carbonyl (C=O) groups excluding carboxylic acids is 6. The van der Waals surface area contributed by atoms with Crippen LogP contribution in [-0.2, 0) is 96.2 Å². The number of hydrogen-bond donors (Lipinski definition) is 8. The normalized spacial score (nSPS) is 11.1. The standard InChI is InChI=1S/C16H20BrClN2O5.C9H18N2O4.C8H16N2O4.C7H4BrClO2.C4H10N2Si.HI.U.2V.W.H2/c1-16(2,3)25-15(23)20-12(14(22)24-4)8-19-13(21)9-5-6-10(17)11(18)7-9;1-9(2,3)15-8(13)11-6(5-10)7(12)14-4;1-8(2,3)14-7(13)10-5(4-9)6(11)12;8-5-2-1-4(7(10)11)3-6(5)9;1-7(2,3)4-6-5;;;;;;/h5-7,12H,8H2,1-4H3,(H,19,21)(H,20,23);6H,5,10H2,1-4H3,(H,11,13);5H,4,9H2,1-3H3,(H,10,13)(H,11,12);1-3H,(H,10,11);4H,1-3H3;1H;;;;;1H. The Hall–Kier alpha value is -1.70. The van der Waals surface area contributed by atoms with E-state index in [4.69, 9.17) is 64.6 Å². The molecule has 2 aromatic carbocycles.